The summed E-state index contributed by atoms with van der Waals surface area (Å²) in [7, 11) is 0. The van der Waals surface area contributed by atoms with Crippen LogP contribution < -0.4 is 4.74 Å². The lowest BCUT2D eigenvalue weighted by Gasteiger charge is -2.33. The third kappa shape index (κ3) is 4.48. The minimum absolute atomic E-state index is 0.295. The zero-order valence-corrected chi connectivity index (χ0v) is 17.1. The Hall–Kier alpha value is -2.38. The summed E-state index contributed by atoms with van der Waals surface area (Å²) in [5.74, 6) is 1.45. The van der Waals surface area contributed by atoms with Crippen LogP contribution in [0.2, 0.25) is 0 Å². The second-order valence-electron chi connectivity index (χ2n) is 8.03. The second kappa shape index (κ2) is 8.10. The maximum absolute atomic E-state index is 9.68. The molecule has 3 nitrogen and oxygen atoms in total. The van der Waals surface area contributed by atoms with E-state index in [9.17, 15) is 5.26 Å². The summed E-state index contributed by atoms with van der Waals surface area (Å²) in [5, 5.41) is 10.5. The van der Waals surface area contributed by atoms with E-state index in [1.807, 2.05) is 30.5 Å². The number of aliphatic imine (C=N–C) groups is 1. The highest BCUT2D eigenvalue weighted by molar-refractivity contribution is 7.16. The highest BCUT2D eigenvalue weighted by Gasteiger charge is 2.32. The van der Waals surface area contributed by atoms with E-state index in [1.54, 1.807) is 17.4 Å². The van der Waals surface area contributed by atoms with Crippen LogP contribution in [0.3, 0.4) is 0 Å². The molecule has 0 saturated carbocycles. The minimum atomic E-state index is 0.295. The van der Waals surface area contributed by atoms with Gasteiger partial charge in [-0.15, -0.1) is 11.3 Å². The van der Waals surface area contributed by atoms with E-state index >= 15 is 0 Å². The number of hydrogen-bond acceptors (Lipinski definition) is 4. The van der Waals surface area contributed by atoms with Gasteiger partial charge < -0.3 is 4.74 Å². The van der Waals surface area contributed by atoms with Crippen molar-refractivity contribution in [3.8, 4) is 11.8 Å². The first-order chi connectivity index (χ1) is 12.9. The van der Waals surface area contributed by atoms with E-state index in [2.05, 4.69) is 38.4 Å². The first-order valence-corrected chi connectivity index (χ1v) is 10.2. The molecular formula is C23H26N2OS. The molecule has 1 aliphatic carbocycles. The molecule has 0 spiro atoms. The lowest BCUT2D eigenvalue weighted by Crippen LogP contribution is -2.26. The Morgan fingerprint density at radius 3 is 2.93 bits per heavy atom. The molecule has 0 radical (unpaired) electrons. The van der Waals surface area contributed by atoms with Gasteiger partial charge in [0.1, 0.15) is 23.4 Å². The SMILES string of the molecule is C=CCOc1cccc(C=Nc2sc3c(c2C#N)CC[C@@H](C(C)(C)C)C3)c1. The Bertz CT molecular complexity index is 896. The maximum Gasteiger partial charge on any atom is 0.134 e. The number of hydrogen-bond donors (Lipinski definition) is 0. The van der Waals surface area contributed by atoms with Crippen LogP contribution in [0.1, 0.15) is 48.8 Å². The average Bonchev–Trinajstić information content (AvgIpc) is 3.01. The number of nitrogens with zero attached hydrogens (tertiary/aromatic N) is 2. The fourth-order valence-electron chi connectivity index (χ4n) is 3.49. The Morgan fingerprint density at radius 2 is 2.22 bits per heavy atom. The Kier molecular flexibility index (Phi) is 5.82. The molecule has 1 atom stereocenters. The minimum Gasteiger partial charge on any atom is -0.490 e. The third-order valence-corrected chi connectivity index (χ3v) is 6.30. The van der Waals surface area contributed by atoms with Crippen molar-refractivity contribution in [2.45, 2.75) is 40.0 Å². The number of benzene rings is 1. The largest absolute Gasteiger partial charge is 0.490 e. The van der Waals surface area contributed by atoms with Crippen molar-refractivity contribution >= 4 is 22.6 Å². The summed E-state index contributed by atoms with van der Waals surface area (Å²) in [6.45, 7) is 11.1. The van der Waals surface area contributed by atoms with Crippen molar-refractivity contribution in [1.82, 2.24) is 0 Å². The smallest absolute Gasteiger partial charge is 0.134 e. The summed E-state index contributed by atoms with van der Waals surface area (Å²) >= 11 is 1.68. The van der Waals surface area contributed by atoms with Crippen LogP contribution in [0.4, 0.5) is 5.00 Å². The van der Waals surface area contributed by atoms with Crippen molar-refractivity contribution in [2.75, 3.05) is 6.61 Å². The van der Waals surface area contributed by atoms with Gasteiger partial charge in [-0.1, -0.05) is 45.6 Å². The first kappa shape index (κ1) is 19.4. The predicted molar refractivity (Wildman–Crippen MR) is 113 cm³/mol. The van der Waals surface area contributed by atoms with Crippen LogP contribution in [0.15, 0.2) is 41.9 Å². The number of fused-ring (bicyclic) bond motifs is 1. The van der Waals surface area contributed by atoms with E-state index < -0.39 is 0 Å². The van der Waals surface area contributed by atoms with Gasteiger partial charge in [0.2, 0.25) is 0 Å². The number of thiophene rings is 1. The molecule has 1 aromatic heterocycles. The van der Waals surface area contributed by atoms with E-state index in [1.165, 1.54) is 10.4 Å². The summed E-state index contributed by atoms with van der Waals surface area (Å²) in [5.41, 5.74) is 3.24. The van der Waals surface area contributed by atoms with E-state index in [0.717, 1.165) is 41.1 Å². The maximum atomic E-state index is 9.68. The first-order valence-electron chi connectivity index (χ1n) is 9.35. The molecule has 4 heteroatoms. The van der Waals surface area contributed by atoms with Crippen LogP contribution in [-0.4, -0.2) is 12.8 Å². The third-order valence-electron chi connectivity index (χ3n) is 5.14. The standard InChI is InChI=1S/C23H26N2OS/c1-5-11-26-18-8-6-7-16(12-18)15-25-22-20(14-24)19-10-9-17(23(2,3)4)13-21(19)27-22/h5-8,12,15,17H,1,9-11,13H2,2-4H3/t17-/m1/s1. The van der Waals surface area contributed by atoms with Crippen molar-refractivity contribution < 1.29 is 4.74 Å². The number of ether oxygens (including phenoxy) is 1. The Morgan fingerprint density at radius 1 is 1.41 bits per heavy atom. The van der Waals surface area contributed by atoms with Gasteiger partial charge in [-0.3, -0.25) is 0 Å². The molecule has 0 unspecified atom stereocenters. The molecule has 0 aliphatic heterocycles. The van der Waals surface area contributed by atoms with E-state index in [-0.39, 0.29) is 0 Å². The molecule has 3 rings (SSSR count). The van der Waals surface area contributed by atoms with Crippen LogP contribution in [0, 0.1) is 22.7 Å². The zero-order chi connectivity index (χ0) is 19.4. The fraction of sp³-hybridized carbons (Fsp3) is 0.391. The molecule has 0 amide bonds. The van der Waals surface area contributed by atoms with Crippen molar-refractivity contribution in [1.29, 1.82) is 5.26 Å². The number of rotatable bonds is 5. The predicted octanol–water partition coefficient (Wildman–Crippen LogP) is 6.09. The van der Waals surface area contributed by atoms with Crippen molar-refractivity contribution in [3.05, 3.63) is 58.5 Å². The van der Waals surface area contributed by atoms with Crippen LogP contribution in [0.25, 0.3) is 0 Å². The molecule has 0 fully saturated rings. The lowest BCUT2D eigenvalue weighted by atomic mass is 9.72. The summed E-state index contributed by atoms with van der Waals surface area (Å²) in [6, 6.07) is 10.2. The molecule has 1 aliphatic rings. The molecule has 27 heavy (non-hydrogen) atoms. The Labute approximate surface area is 166 Å². The topological polar surface area (TPSA) is 45.4 Å². The van der Waals surface area contributed by atoms with Gasteiger partial charge >= 0.3 is 0 Å². The van der Waals surface area contributed by atoms with Crippen LogP contribution in [0.5, 0.6) is 5.75 Å². The van der Waals surface area contributed by atoms with Crippen molar-refractivity contribution in [3.63, 3.8) is 0 Å². The zero-order valence-electron chi connectivity index (χ0n) is 16.3. The molecule has 1 heterocycles. The van der Waals surface area contributed by atoms with Gasteiger partial charge in [0.15, 0.2) is 0 Å². The van der Waals surface area contributed by atoms with E-state index in [4.69, 9.17) is 4.74 Å². The van der Waals surface area contributed by atoms with Gasteiger partial charge in [0, 0.05) is 11.1 Å². The number of nitriles is 1. The molecule has 1 aromatic carbocycles. The second-order valence-corrected chi connectivity index (χ2v) is 9.12. The molecule has 0 bridgehead atoms. The van der Waals surface area contributed by atoms with Gasteiger partial charge in [-0.05, 0) is 53.9 Å². The van der Waals surface area contributed by atoms with Gasteiger partial charge in [0.25, 0.3) is 0 Å². The normalized spacial score (nSPS) is 16.7. The highest BCUT2D eigenvalue weighted by atomic mass is 32.1. The van der Waals surface area contributed by atoms with Gasteiger partial charge in [0.05, 0.1) is 5.56 Å². The molecule has 2 aromatic rings. The summed E-state index contributed by atoms with van der Waals surface area (Å²) in [4.78, 5) is 6.00. The lowest BCUT2D eigenvalue weighted by molar-refractivity contribution is 0.218. The van der Waals surface area contributed by atoms with E-state index in [0.29, 0.717) is 17.9 Å². The average molecular weight is 379 g/mol. The monoisotopic (exact) mass is 378 g/mol. The quantitative estimate of drug-likeness (QED) is 0.467. The molecule has 0 N–H and O–H groups in total. The molecular weight excluding hydrogens is 352 g/mol. The van der Waals surface area contributed by atoms with Crippen molar-refractivity contribution in [2.24, 2.45) is 16.3 Å². The van der Waals surface area contributed by atoms with Gasteiger partial charge in [-0.25, -0.2) is 4.99 Å². The molecule has 140 valence electrons. The summed E-state index contributed by atoms with van der Waals surface area (Å²) in [6.07, 6.45) is 6.73. The molecule has 0 saturated heterocycles. The fourth-order valence-corrected chi connectivity index (χ4v) is 4.71. The van der Waals surface area contributed by atoms with Gasteiger partial charge in [-0.2, -0.15) is 5.26 Å². The summed E-state index contributed by atoms with van der Waals surface area (Å²) < 4.78 is 5.57. The Balaban J connectivity index is 1.84. The van der Waals surface area contributed by atoms with Crippen LogP contribution >= 0.6 is 11.3 Å². The highest BCUT2D eigenvalue weighted by Crippen LogP contribution is 2.44. The van der Waals surface area contributed by atoms with Crippen LogP contribution in [-0.2, 0) is 12.8 Å².